The highest BCUT2D eigenvalue weighted by Gasteiger charge is 2.02. The predicted octanol–water partition coefficient (Wildman–Crippen LogP) is 3.08. The topological polar surface area (TPSA) is 38.3 Å². The van der Waals surface area contributed by atoms with E-state index in [9.17, 15) is 4.79 Å². The molecule has 0 saturated heterocycles. The number of carbonyl (C=O) groups excluding carboxylic acids is 1. The summed E-state index contributed by atoms with van der Waals surface area (Å²) in [6.07, 6.45) is 0.362. The monoisotopic (exact) mass is 269 g/mol. The van der Waals surface area contributed by atoms with Crippen LogP contribution in [-0.4, -0.2) is 12.5 Å². The van der Waals surface area contributed by atoms with E-state index in [2.05, 4.69) is 5.32 Å². The number of nitrogens with one attached hydrogen (secondary N) is 1. The highest BCUT2D eigenvalue weighted by Crippen LogP contribution is 2.11. The molecule has 2 aromatic carbocycles. The molecule has 1 amide bonds. The highest BCUT2D eigenvalue weighted by atomic mass is 16.5. The largest absolute Gasteiger partial charge is 0.493 e. The fraction of sp³-hybridized carbons (Fsp3) is 0.235. The minimum Gasteiger partial charge on any atom is -0.493 e. The van der Waals surface area contributed by atoms with E-state index < -0.39 is 0 Å². The van der Waals surface area contributed by atoms with Gasteiger partial charge in [0.05, 0.1) is 13.0 Å². The second-order valence-electron chi connectivity index (χ2n) is 4.67. The van der Waals surface area contributed by atoms with Crippen molar-refractivity contribution < 1.29 is 9.53 Å². The lowest BCUT2D eigenvalue weighted by molar-refractivity contribution is -0.121. The number of aryl methyl sites for hydroxylation is 1. The summed E-state index contributed by atoms with van der Waals surface area (Å²) in [7, 11) is 0. The molecule has 0 unspecified atom stereocenters. The quantitative estimate of drug-likeness (QED) is 0.875. The Morgan fingerprint density at radius 1 is 1.05 bits per heavy atom. The lowest BCUT2D eigenvalue weighted by atomic mass is 10.2. The lowest BCUT2D eigenvalue weighted by Gasteiger charge is -2.07. The molecule has 0 heterocycles. The fourth-order valence-electron chi connectivity index (χ4n) is 1.78. The highest BCUT2D eigenvalue weighted by molar-refractivity contribution is 5.75. The third-order valence-corrected chi connectivity index (χ3v) is 2.95. The van der Waals surface area contributed by atoms with E-state index in [0.29, 0.717) is 19.6 Å². The molecule has 0 saturated carbocycles. The number of amides is 1. The standard InChI is InChI=1S/C17H19NO2/c1-14-7-9-16(10-8-14)20-12-11-17(19)18-13-15-5-3-2-4-6-15/h2-10H,11-13H2,1H3,(H,18,19). The molecular weight excluding hydrogens is 250 g/mol. The van der Waals surface area contributed by atoms with Crippen LogP contribution >= 0.6 is 0 Å². The zero-order valence-corrected chi connectivity index (χ0v) is 11.6. The summed E-state index contributed by atoms with van der Waals surface area (Å²) < 4.78 is 5.52. The average molecular weight is 269 g/mol. The van der Waals surface area contributed by atoms with Crippen molar-refractivity contribution in [3.8, 4) is 5.75 Å². The number of benzene rings is 2. The molecule has 0 radical (unpaired) electrons. The number of carbonyl (C=O) groups is 1. The molecular formula is C17H19NO2. The summed E-state index contributed by atoms with van der Waals surface area (Å²) in [4.78, 5) is 11.7. The van der Waals surface area contributed by atoms with Crippen LogP contribution in [0, 0.1) is 6.92 Å². The van der Waals surface area contributed by atoms with Crippen molar-refractivity contribution in [1.29, 1.82) is 0 Å². The van der Waals surface area contributed by atoms with Crippen molar-refractivity contribution in [2.75, 3.05) is 6.61 Å². The molecule has 1 N–H and O–H groups in total. The van der Waals surface area contributed by atoms with Crippen molar-refractivity contribution in [2.45, 2.75) is 19.9 Å². The smallest absolute Gasteiger partial charge is 0.223 e. The van der Waals surface area contributed by atoms with Crippen LogP contribution in [0.1, 0.15) is 17.5 Å². The van der Waals surface area contributed by atoms with Crippen LogP contribution in [0.15, 0.2) is 54.6 Å². The summed E-state index contributed by atoms with van der Waals surface area (Å²) >= 11 is 0. The van der Waals surface area contributed by atoms with Gasteiger partial charge in [-0.2, -0.15) is 0 Å². The summed E-state index contributed by atoms with van der Waals surface area (Å²) in [6, 6.07) is 17.7. The van der Waals surface area contributed by atoms with Gasteiger partial charge < -0.3 is 10.1 Å². The van der Waals surface area contributed by atoms with Gasteiger partial charge in [0, 0.05) is 6.54 Å². The lowest BCUT2D eigenvalue weighted by Crippen LogP contribution is -2.24. The molecule has 0 fully saturated rings. The number of ether oxygens (including phenoxy) is 1. The Balaban J connectivity index is 1.66. The Labute approximate surface area is 119 Å². The normalized spacial score (nSPS) is 10.1. The molecule has 20 heavy (non-hydrogen) atoms. The predicted molar refractivity (Wildman–Crippen MR) is 79.6 cm³/mol. The first kappa shape index (κ1) is 14.1. The van der Waals surface area contributed by atoms with Gasteiger partial charge in [-0.3, -0.25) is 4.79 Å². The van der Waals surface area contributed by atoms with Crippen LogP contribution in [0.2, 0.25) is 0 Å². The molecule has 2 aromatic rings. The SMILES string of the molecule is Cc1ccc(OCCC(=O)NCc2ccccc2)cc1. The molecule has 0 aromatic heterocycles. The fourth-order valence-corrected chi connectivity index (χ4v) is 1.78. The number of rotatable bonds is 6. The van der Waals surface area contributed by atoms with Crippen molar-refractivity contribution in [3.05, 3.63) is 65.7 Å². The molecule has 0 spiro atoms. The van der Waals surface area contributed by atoms with Crippen LogP contribution in [0.4, 0.5) is 0 Å². The minimum atomic E-state index is 0.000893. The summed E-state index contributed by atoms with van der Waals surface area (Å²) in [5.41, 5.74) is 2.29. The first-order valence-electron chi connectivity index (χ1n) is 6.74. The average Bonchev–Trinajstić information content (AvgIpc) is 2.48. The first-order valence-corrected chi connectivity index (χ1v) is 6.74. The molecule has 3 heteroatoms. The zero-order valence-electron chi connectivity index (χ0n) is 11.6. The van der Waals surface area contributed by atoms with Crippen LogP contribution in [0.5, 0.6) is 5.75 Å². The van der Waals surface area contributed by atoms with Crippen molar-refractivity contribution in [2.24, 2.45) is 0 Å². The Morgan fingerprint density at radius 3 is 2.45 bits per heavy atom. The van der Waals surface area contributed by atoms with E-state index in [-0.39, 0.29) is 5.91 Å². The second-order valence-corrected chi connectivity index (χ2v) is 4.67. The summed E-state index contributed by atoms with van der Waals surface area (Å²) in [5.74, 6) is 0.799. The van der Waals surface area contributed by atoms with Gasteiger partial charge in [-0.1, -0.05) is 48.0 Å². The van der Waals surface area contributed by atoms with Gasteiger partial charge in [0.25, 0.3) is 0 Å². The molecule has 2 rings (SSSR count). The minimum absolute atomic E-state index is 0.000893. The molecule has 3 nitrogen and oxygen atoms in total. The van der Waals surface area contributed by atoms with Gasteiger partial charge in [0.2, 0.25) is 5.91 Å². The molecule has 104 valence electrons. The van der Waals surface area contributed by atoms with Gasteiger partial charge in [-0.05, 0) is 24.6 Å². The maximum atomic E-state index is 11.7. The summed E-state index contributed by atoms with van der Waals surface area (Å²) in [5, 5.41) is 2.88. The van der Waals surface area contributed by atoms with Crippen molar-refractivity contribution in [1.82, 2.24) is 5.32 Å². The van der Waals surface area contributed by atoms with Crippen molar-refractivity contribution in [3.63, 3.8) is 0 Å². The van der Waals surface area contributed by atoms with Crippen LogP contribution < -0.4 is 10.1 Å². The Hall–Kier alpha value is -2.29. The summed E-state index contributed by atoms with van der Waals surface area (Å²) in [6.45, 7) is 2.98. The molecule has 0 aliphatic carbocycles. The van der Waals surface area contributed by atoms with Gasteiger partial charge in [-0.15, -0.1) is 0 Å². The zero-order chi connectivity index (χ0) is 14.2. The van der Waals surface area contributed by atoms with E-state index in [1.54, 1.807) is 0 Å². The van der Waals surface area contributed by atoms with E-state index in [1.165, 1.54) is 5.56 Å². The van der Waals surface area contributed by atoms with Gasteiger partial charge in [-0.25, -0.2) is 0 Å². The number of hydrogen-bond donors (Lipinski definition) is 1. The van der Waals surface area contributed by atoms with Crippen LogP contribution in [0.3, 0.4) is 0 Å². The maximum Gasteiger partial charge on any atom is 0.223 e. The van der Waals surface area contributed by atoms with E-state index in [4.69, 9.17) is 4.74 Å². The van der Waals surface area contributed by atoms with Crippen LogP contribution in [-0.2, 0) is 11.3 Å². The third-order valence-electron chi connectivity index (χ3n) is 2.95. The van der Waals surface area contributed by atoms with E-state index in [1.807, 2.05) is 61.5 Å². The Morgan fingerprint density at radius 2 is 1.75 bits per heavy atom. The third kappa shape index (κ3) is 4.76. The van der Waals surface area contributed by atoms with Gasteiger partial charge in [0.15, 0.2) is 0 Å². The van der Waals surface area contributed by atoms with Gasteiger partial charge in [0.1, 0.15) is 5.75 Å². The van der Waals surface area contributed by atoms with Crippen molar-refractivity contribution >= 4 is 5.91 Å². The van der Waals surface area contributed by atoms with E-state index >= 15 is 0 Å². The first-order chi connectivity index (χ1) is 9.74. The Kier molecular flexibility index (Phi) is 5.18. The maximum absolute atomic E-state index is 11.7. The number of hydrogen-bond acceptors (Lipinski definition) is 2. The molecule has 0 aliphatic rings. The van der Waals surface area contributed by atoms with Crippen LogP contribution in [0.25, 0.3) is 0 Å². The second kappa shape index (κ2) is 7.34. The Bertz CT molecular complexity index is 535. The molecule has 0 bridgehead atoms. The van der Waals surface area contributed by atoms with E-state index in [0.717, 1.165) is 11.3 Å². The molecule has 0 aliphatic heterocycles. The van der Waals surface area contributed by atoms with Gasteiger partial charge >= 0.3 is 0 Å². The molecule has 0 atom stereocenters.